The first kappa shape index (κ1) is 13.9. The average molecular weight is 331 g/mol. The van der Waals surface area contributed by atoms with Gasteiger partial charge in [0.05, 0.1) is 5.56 Å². The summed E-state index contributed by atoms with van der Waals surface area (Å²) in [7, 11) is 0. The molecule has 1 aromatic rings. The third-order valence-corrected chi connectivity index (χ3v) is 4.57. The molecule has 18 heavy (non-hydrogen) atoms. The van der Waals surface area contributed by atoms with Crippen molar-refractivity contribution in [2.24, 2.45) is 5.92 Å². The minimum atomic E-state index is -0.00419. The van der Waals surface area contributed by atoms with Gasteiger partial charge in [0.15, 0.2) is 0 Å². The predicted octanol–water partition coefficient (Wildman–Crippen LogP) is 3.98. The Kier molecular flexibility index (Phi) is 5.07. The number of hydrogen-bond acceptors (Lipinski definition) is 1. The summed E-state index contributed by atoms with van der Waals surface area (Å²) in [4.78, 5) is 12.0. The van der Waals surface area contributed by atoms with E-state index in [-0.39, 0.29) is 5.91 Å². The zero-order valence-corrected chi connectivity index (χ0v) is 12.5. The van der Waals surface area contributed by atoms with Crippen LogP contribution in [0.3, 0.4) is 0 Å². The third-order valence-electron chi connectivity index (χ3n) is 3.45. The van der Waals surface area contributed by atoms with Crippen LogP contribution in [-0.2, 0) is 0 Å². The number of rotatable bonds is 3. The minimum Gasteiger partial charge on any atom is -0.352 e. The number of nitrogens with one attached hydrogen (secondary N) is 1. The highest BCUT2D eigenvalue weighted by Crippen LogP contribution is 2.27. The zero-order chi connectivity index (χ0) is 13.0. The van der Waals surface area contributed by atoms with Crippen LogP contribution < -0.4 is 5.32 Å². The van der Waals surface area contributed by atoms with Gasteiger partial charge in [-0.2, -0.15) is 0 Å². The Morgan fingerprint density at radius 1 is 1.28 bits per heavy atom. The molecular formula is C14H17BrClNO. The van der Waals surface area contributed by atoms with Crippen molar-refractivity contribution in [3.63, 3.8) is 0 Å². The fourth-order valence-electron chi connectivity index (χ4n) is 2.30. The Balaban J connectivity index is 1.84. The lowest BCUT2D eigenvalue weighted by Crippen LogP contribution is -2.31. The van der Waals surface area contributed by atoms with Gasteiger partial charge in [-0.05, 0) is 59.7 Å². The first-order valence-corrected chi connectivity index (χ1v) is 7.56. The number of hydrogen-bond donors (Lipinski definition) is 1. The van der Waals surface area contributed by atoms with Gasteiger partial charge in [0.1, 0.15) is 0 Å². The molecule has 1 aliphatic carbocycles. The second kappa shape index (κ2) is 6.58. The maximum atomic E-state index is 12.0. The van der Waals surface area contributed by atoms with Gasteiger partial charge in [0, 0.05) is 16.4 Å². The standard InChI is InChI=1S/C14H17BrClNO/c15-13-4-2-1-3-12(13)14(18)17-9-10-5-7-11(16)8-6-10/h1-4,10-11H,5-9H2,(H,17,18). The zero-order valence-electron chi connectivity index (χ0n) is 10.2. The monoisotopic (exact) mass is 329 g/mol. The van der Waals surface area contributed by atoms with Crippen LogP contribution in [-0.4, -0.2) is 17.8 Å². The largest absolute Gasteiger partial charge is 0.352 e. The van der Waals surface area contributed by atoms with Crippen LogP contribution in [0.25, 0.3) is 0 Å². The van der Waals surface area contributed by atoms with Gasteiger partial charge in [-0.1, -0.05) is 12.1 Å². The van der Waals surface area contributed by atoms with Crippen LogP contribution in [0.1, 0.15) is 36.0 Å². The molecular weight excluding hydrogens is 314 g/mol. The number of amides is 1. The summed E-state index contributed by atoms with van der Waals surface area (Å²) < 4.78 is 0.840. The molecule has 98 valence electrons. The normalized spacial score (nSPS) is 23.7. The molecule has 0 atom stereocenters. The van der Waals surface area contributed by atoms with E-state index in [4.69, 9.17) is 11.6 Å². The second-order valence-electron chi connectivity index (χ2n) is 4.81. The molecule has 2 rings (SSSR count). The lowest BCUT2D eigenvalue weighted by Gasteiger charge is -2.25. The van der Waals surface area contributed by atoms with Crippen molar-refractivity contribution in [1.29, 1.82) is 0 Å². The van der Waals surface area contributed by atoms with E-state index in [1.165, 1.54) is 0 Å². The van der Waals surface area contributed by atoms with Crippen molar-refractivity contribution >= 4 is 33.4 Å². The minimum absolute atomic E-state index is 0.00419. The lowest BCUT2D eigenvalue weighted by atomic mass is 9.89. The number of alkyl halides is 1. The average Bonchev–Trinajstić information content (AvgIpc) is 2.38. The van der Waals surface area contributed by atoms with Gasteiger partial charge in [-0.3, -0.25) is 4.79 Å². The fraction of sp³-hybridized carbons (Fsp3) is 0.500. The Bertz CT molecular complexity index is 416. The Labute approximate surface area is 121 Å². The molecule has 0 aromatic heterocycles. The molecule has 0 bridgehead atoms. The van der Waals surface area contributed by atoms with Crippen LogP contribution in [0.2, 0.25) is 0 Å². The van der Waals surface area contributed by atoms with E-state index >= 15 is 0 Å². The summed E-state index contributed by atoms with van der Waals surface area (Å²) in [5.41, 5.74) is 0.698. The van der Waals surface area contributed by atoms with E-state index in [9.17, 15) is 4.79 Å². The van der Waals surface area contributed by atoms with E-state index in [0.717, 1.165) is 36.7 Å². The van der Waals surface area contributed by atoms with Crippen LogP contribution in [0.5, 0.6) is 0 Å². The number of halogens is 2. The fourth-order valence-corrected chi connectivity index (χ4v) is 3.02. The highest BCUT2D eigenvalue weighted by Gasteiger charge is 2.20. The van der Waals surface area contributed by atoms with Crippen molar-refractivity contribution in [3.8, 4) is 0 Å². The van der Waals surface area contributed by atoms with Crippen LogP contribution in [0.15, 0.2) is 28.7 Å². The highest BCUT2D eigenvalue weighted by atomic mass is 79.9. The van der Waals surface area contributed by atoms with Crippen molar-refractivity contribution in [2.45, 2.75) is 31.1 Å². The maximum Gasteiger partial charge on any atom is 0.252 e. The van der Waals surface area contributed by atoms with Gasteiger partial charge < -0.3 is 5.32 Å². The SMILES string of the molecule is O=C(NCC1CCC(Cl)CC1)c1ccccc1Br. The quantitative estimate of drug-likeness (QED) is 0.835. The number of benzene rings is 1. The number of carbonyl (C=O) groups excluding carboxylic acids is 1. The van der Waals surface area contributed by atoms with Gasteiger partial charge >= 0.3 is 0 Å². The summed E-state index contributed by atoms with van der Waals surface area (Å²) in [5.74, 6) is 0.571. The molecule has 2 nitrogen and oxygen atoms in total. The molecule has 0 heterocycles. The van der Waals surface area contributed by atoms with E-state index < -0.39 is 0 Å². The van der Waals surface area contributed by atoms with E-state index in [0.29, 0.717) is 16.9 Å². The van der Waals surface area contributed by atoms with Crippen LogP contribution in [0, 0.1) is 5.92 Å². The molecule has 1 fully saturated rings. The maximum absolute atomic E-state index is 12.0. The molecule has 1 aliphatic rings. The predicted molar refractivity (Wildman–Crippen MR) is 78.1 cm³/mol. The second-order valence-corrected chi connectivity index (χ2v) is 6.28. The summed E-state index contributed by atoms with van der Waals surface area (Å²) in [6.07, 6.45) is 4.36. The molecule has 0 saturated heterocycles. The van der Waals surface area contributed by atoms with Crippen LogP contribution >= 0.6 is 27.5 Å². The molecule has 4 heteroatoms. The van der Waals surface area contributed by atoms with Crippen molar-refractivity contribution in [3.05, 3.63) is 34.3 Å². The van der Waals surface area contributed by atoms with Crippen molar-refractivity contribution in [2.75, 3.05) is 6.54 Å². The topological polar surface area (TPSA) is 29.1 Å². The third kappa shape index (κ3) is 3.72. The summed E-state index contributed by atoms with van der Waals surface area (Å²) >= 11 is 9.46. The smallest absolute Gasteiger partial charge is 0.252 e. The Morgan fingerprint density at radius 2 is 1.94 bits per heavy atom. The Morgan fingerprint density at radius 3 is 2.61 bits per heavy atom. The van der Waals surface area contributed by atoms with E-state index in [1.54, 1.807) is 0 Å². The summed E-state index contributed by atoms with van der Waals surface area (Å²) in [5, 5.41) is 3.35. The van der Waals surface area contributed by atoms with Gasteiger partial charge in [0.25, 0.3) is 5.91 Å². The molecule has 0 radical (unpaired) electrons. The van der Waals surface area contributed by atoms with Gasteiger partial charge in [0.2, 0.25) is 0 Å². The molecule has 0 spiro atoms. The number of carbonyl (C=O) groups is 1. The lowest BCUT2D eigenvalue weighted by molar-refractivity contribution is 0.0943. The summed E-state index contributed by atoms with van der Waals surface area (Å²) in [6.45, 7) is 0.754. The highest BCUT2D eigenvalue weighted by molar-refractivity contribution is 9.10. The van der Waals surface area contributed by atoms with Crippen molar-refractivity contribution < 1.29 is 4.79 Å². The van der Waals surface area contributed by atoms with Crippen LogP contribution in [0.4, 0.5) is 0 Å². The summed E-state index contributed by atoms with van der Waals surface area (Å²) in [6, 6.07) is 7.49. The molecule has 1 saturated carbocycles. The van der Waals surface area contributed by atoms with E-state index in [2.05, 4.69) is 21.2 Å². The molecule has 0 unspecified atom stereocenters. The first-order valence-electron chi connectivity index (χ1n) is 6.33. The van der Waals surface area contributed by atoms with Gasteiger partial charge in [-0.15, -0.1) is 11.6 Å². The van der Waals surface area contributed by atoms with Gasteiger partial charge in [-0.25, -0.2) is 0 Å². The van der Waals surface area contributed by atoms with Crippen molar-refractivity contribution in [1.82, 2.24) is 5.32 Å². The molecule has 0 aliphatic heterocycles. The van der Waals surface area contributed by atoms with E-state index in [1.807, 2.05) is 24.3 Å². The molecule has 1 amide bonds. The Hall–Kier alpha value is -0.540. The first-order chi connectivity index (χ1) is 8.66. The molecule has 1 N–H and O–H groups in total. The molecule has 1 aromatic carbocycles.